The van der Waals surface area contributed by atoms with E-state index >= 15 is 0 Å². The van der Waals surface area contributed by atoms with Gasteiger partial charge in [0, 0.05) is 12.3 Å². The minimum Gasteiger partial charge on any atom is -0.301 e. The van der Waals surface area contributed by atoms with Gasteiger partial charge in [0.05, 0.1) is 5.71 Å². The Bertz CT molecular complexity index is 426. The highest BCUT2D eigenvalue weighted by atomic mass is 32.1. The zero-order valence-electron chi connectivity index (χ0n) is 8.41. The van der Waals surface area contributed by atoms with Gasteiger partial charge in [-0.15, -0.1) is 11.3 Å². The van der Waals surface area contributed by atoms with Crippen LogP contribution >= 0.6 is 11.3 Å². The van der Waals surface area contributed by atoms with Crippen molar-refractivity contribution in [3.63, 3.8) is 0 Å². The van der Waals surface area contributed by atoms with Crippen molar-refractivity contribution in [2.45, 2.75) is 13.3 Å². The number of carbonyl (C=O) groups excluding carboxylic acids is 1. The Hall–Kier alpha value is -1.47. The Labute approximate surface area is 92.9 Å². The first kappa shape index (κ1) is 11.6. The SMILES string of the molecule is [CH2][C@@H](C)C(=O)C(=N)Cc1csc(C#N)c1. The molecule has 0 saturated carbocycles. The molecule has 0 bridgehead atoms. The summed E-state index contributed by atoms with van der Waals surface area (Å²) in [4.78, 5) is 12.0. The molecule has 0 fully saturated rings. The molecule has 1 aromatic heterocycles. The van der Waals surface area contributed by atoms with Gasteiger partial charge >= 0.3 is 0 Å². The third kappa shape index (κ3) is 3.00. The number of nitrogens with one attached hydrogen (secondary N) is 1. The maximum atomic E-state index is 11.4. The lowest BCUT2D eigenvalue weighted by molar-refractivity contribution is -0.115. The van der Waals surface area contributed by atoms with Gasteiger partial charge in [-0.05, 0) is 23.9 Å². The van der Waals surface area contributed by atoms with Gasteiger partial charge in [0.25, 0.3) is 0 Å². The molecule has 77 valence electrons. The van der Waals surface area contributed by atoms with E-state index in [-0.39, 0.29) is 23.8 Å². The summed E-state index contributed by atoms with van der Waals surface area (Å²) in [5, 5.41) is 18.0. The highest BCUT2D eigenvalue weighted by Crippen LogP contribution is 2.14. The molecule has 1 N–H and O–H groups in total. The van der Waals surface area contributed by atoms with Crippen molar-refractivity contribution in [2.24, 2.45) is 5.92 Å². The van der Waals surface area contributed by atoms with Gasteiger partial charge in [-0.25, -0.2) is 0 Å². The number of nitrogens with zero attached hydrogens (tertiary/aromatic N) is 1. The summed E-state index contributed by atoms with van der Waals surface area (Å²) < 4.78 is 0. The van der Waals surface area contributed by atoms with E-state index in [1.807, 2.05) is 6.07 Å². The summed E-state index contributed by atoms with van der Waals surface area (Å²) >= 11 is 1.33. The van der Waals surface area contributed by atoms with Crippen LogP contribution in [-0.2, 0) is 11.2 Å². The summed E-state index contributed by atoms with van der Waals surface area (Å²) in [6.07, 6.45) is 0.289. The first-order valence-corrected chi connectivity index (χ1v) is 5.34. The molecule has 3 nitrogen and oxygen atoms in total. The summed E-state index contributed by atoms with van der Waals surface area (Å²) in [5.41, 5.74) is 0.898. The fourth-order valence-corrected chi connectivity index (χ4v) is 1.82. The number of carbonyl (C=O) groups is 1. The summed E-state index contributed by atoms with van der Waals surface area (Å²) in [6, 6.07) is 3.73. The average molecular weight is 219 g/mol. The molecule has 1 atom stereocenters. The molecule has 1 heterocycles. The second-order valence-corrected chi connectivity index (χ2v) is 4.26. The number of hydrogen-bond acceptors (Lipinski definition) is 4. The second kappa shape index (κ2) is 4.85. The second-order valence-electron chi connectivity index (χ2n) is 3.35. The molecule has 4 heteroatoms. The molecule has 1 rings (SSSR count). The molecule has 0 unspecified atom stereocenters. The molecule has 0 aliphatic carbocycles. The zero-order chi connectivity index (χ0) is 11.4. The molecule has 0 aromatic carbocycles. The molecule has 15 heavy (non-hydrogen) atoms. The number of thiophene rings is 1. The van der Waals surface area contributed by atoms with Gasteiger partial charge in [0.1, 0.15) is 10.9 Å². The van der Waals surface area contributed by atoms with Crippen LogP contribution in [0.3, 0.4) is 0 Å². The van der Waals surface area contributed by atoms with Crippen LogP contribution in [0.5, 0.6) is 0 Å². The number of nitriles is 1. The average Bonchev–Trinajstić information content (AvgIpc) is 2.64. The van der Waals surface area contributed by atoms with Crippen LogP contribution in [0.1, 0.15) is 17.4 Å². The molecule has 1 aromatic rings. The highest BCUT2D eigenvalue weighted by molar-refractivity contribution is 7.10. The molecule has 0 saturated heterocycles. The van der Waals surface area contributed by atoms with Crippen molar-refractivity contribution in [2.75, 3.05) is 0 Å². The molecular weight excluding hydrogens is 208 g/mol. The largest absolute Gasteiger partial charge is 0.301 e. The Kier molecular flexibility index (Phi) is 3.75. The van der Waals surface area contributed by atoms with Crippen molar-refractivity contribution in [3.05, 3.63) is 28.8 Å². The molecule has 0 aliphatic rings. The van der Waals surface area contributed by atoms with E-state index in [4.69, 9.17) is 10.7 Å². The van der Waals surface area contributed by atoms with Crippen LogP contribution in [0, 0.1) is 29.6 Å². The fraction of sp³-hybridized carbons (Fsp3) is 0.273. The zero-order valence-corrected chi connectivity index (χ0v) is 9.23. The van der Waals surface area contributed by atoms with E-state index in [0.29, 0.717) is 4.88 Å². The summed E-state index contributed by atoms with van der Waals surface area (Å²) in [7, 11) is 0. The Morgan fingerprint density at radius 2 is 2.47 bits per heavy atom. The Morgan fingerprint density at radius 1 is 1.80 bits per heavy atom. The summed E-state index contributed by atoms with van der Waals surface area (Å²) in [6.45, 7) is 5.25. The third-order valence-electron chi connectivity index (χ3n) is 1.89. The lowest BCUT2D eigenvalue weighted by Crippen LogP contribution is -2.20. The van der Waals surface area contributed by atoms with Crippen LogP contribution < -0.4 is 0 Å². The number of Topliss-reactive ketones (excluding diaryl/α,β-unsaturated/α-hetero) is 1. The lowest BCUT2D eigenvalue weighted by atomic mass is 10.0. The quantitative estimate of drug-likeness (QED) is 0.789. The first-order valence-electron chi connectivity index (χ1n) is 4.46. The predicted molar refractivity (Wildman–Crippen MR) is 60.0 cm³/mol. The molecular formula is C11H11N2OS. The van der Waals surface area contributed by atoms with Crippen LogP contribution in [0.4, 0.5) is 0 Å². The smallest absolute Gasteiger partial charge is 0.179 e. The molecule has 0 amide bonds. The van der Waals surface area contributed by atoms with Gasteiger partial charge in [0.15, 0.2) is 5.78 Å². The van der Waals surface area contributed by atoms with E-state index in [1.165, 1.54) is 11.3 Å². The normalized spacial score (nSPS) is 10.0. The van der Waals surface area contributed by atoms with E-state index in [1.54, 1.807) is 18.4 Å². The predicted octanol–water partition coefficient (Wildman–Crippen LogP) is 2.22. The van der Waals surface area contributed by atoms with Crippen molar-refractivity contribution >= 4 is 22.8 Å². The van der Waals surface area contributed by atoms with Crippen LogP contribution in [0.25, 0.3) is 0 Å². The molecule has 0 spiro atoms. The minimum absolute atomic E-state index is 0.0554. The van der Waals surface area contributed by atoms with Crippen LogP contribution in [0.2, 0.25) is 0 Å². The van der Waals surface area contributed by atoms with Crippen molar-refractivity contribution in [3.8, 4) is 6.07 Å². The monoisotopic (exact) mass is 219 g/mol. The summed E-state index contributed by atoms with van der Waals surface area (Å²) in [5.74, 6) is -0.619. The third-order valence-corrected chi connectivity index (χ3v) is 2.77. The maximum absolute atomic E-state index is 11.4. The van der Waals surface area contributed by atoms with Crippen molar-refractivity contribution < 1.29 is 4.79 Å². The first-order chi connectivity index (χ1) is 7.04. The van der Waals surface area contributed by atoms with Crippen LogP contribution in [-0.4, -0.2) is 11.5 Å². The number of hydrogen-bond donors (Lipinski definition) is 1. The minimum atomic E-state index is -0.383. The van der Waals surface area contributed by atoms with Crippen LogP contribution in [0.15, 0.2) is 11.4 Å². The van der Waals surface area contributed by atoms with Gasteiger partial charge in [-0.3, -0.25) is 4.79 Å². The number of rotatable bonds is 4. The van der Waals surface area contributed by atoms with E-state index in [0.717, 1.165) is 5.56 Å². The van der Waals surface area contributed by atoms with E-state index in [2.05, 4.69) is 6.92 Å². The standard InChI is InChI=1S/C11H11N2OS/c1-7(2)11(14)10(13)4-8-3-9(5-12)15-6-8/h3,6-7,13H,1,4H2,2H3/t7-/m0/s1. The Balaban J connectivity index is 2.67. The van der Waals surface area contributed by atoms with Gasteiger partial charge in [-0.2, -0.15) is 5.26 Å². The van der Waals surface area contributed by atoms with Gasteiger partial charge in [-0.1, -0.05) is 6.92 Å². The number of ketones is 1. The lowest BCUT2D eigenvalue weighted by Gasteiger charge is -2.03. The van der Waals surface area contributed by atoms with E-state index in [9.17, 15) is 4.79 Å². The molecule has 0 aliphatic heterocycles. The fourth-order valence-electron chi connectivity index (χ4n) is 1.12. The van der Waals surface area contributed by atoms with E-state index < -0.39 is 0 Å². The topological polar surface area (TPSA) is 64.7 Å². The molecule has 1 radical (unpaired) electrons. The Morgan fingerprint density at radius 3 is 2.93 bits per heavy atom. The van der Waals surface area contributed by atoms with Gasteiger partial charge in [0.2, 0.25) is 0 Å². The highest BCUT2D eigenvalue weighted by Gasteiger charge is 2.14. The van der Waals surface area contributed by atoms with Crippen molar-refractivity contribution in [1.29, 1.82) is 10.7 Å². The van der Waals surface area contributed by atoms with Gasteiger partial charge < -0.3 is 5.41 Å². The van der Waals surface area contributed by atoms with Crippen molar-refractivity contribution in [1.82, 2.24) is 0 Å². The maximum Gasteiger partial charge on any atom is 0.179 e.